The zero-order chi connectivity index (χ0) is 7.68. The van der Waals surface area contributed by atoms with Gasteiger partial charge in [0, 0.05) is 6.20 Å². The van der Waals surface area contributed by atoms with Crippen LogP contribution in [0.3, 0.4) is 0 Å². The zero-order valence-corrected chi connectivity index (χ0v) is 6.34. The molecule has 11 heavy (non-hydrogen) atoms. The summed E-state index contributed by atoms with van der Waals surface area (Å²) in [4.78, 5) is 14.4. The summed E-state index contributed by atoms with van der Waals surface area (Å²) in [5, 5.41) is 0. The minimum Gasteiger partial charge on any atom is -0.296 e. The van der Waals surface area contributed by atoms with Gasteiger partial charge in [0.25, 0.3) is 0 Å². The van der Waals surface area contributed by atoms with E-state index < -0.39 is 0 Å². The van der Waals surface area contributed by atoms with Crippen molar-refractivity contribution in [1.82, 2.24) is 9.36 Å². The van der Waals surface area contributed by atoms with Crippen LogP contribution in [0, 0.1) is 0 Å². The first kappa shape index (κ1) is 6.42. The summed E-state index contributed by atoms with van der Waals surface area (Å²) in [6.45, 7) is 0. The molecule has 4 heteroatoms. The summed E-state index contributed by atoms with van der Waals surface area (Å²) in [6, 6.07) is 3.72. The van der Waals surface area contributed by atoms with Crippen molar-refractivity contribution in [3.8, 4) is 0 Å². The Kier molecular flexibility index (Phi) is 1.40. The van der Waals surface area contributed by atoms with E-state index in [9.17, 15) is 4.79 Å². The zero-order valence-electron chi connectivity index (χ0n) is 5.52. The van der Waals surface area contributed by atoms with Gasteiger partial charge in [-0.3, -0.25) is 9.78 Å². The first-order chi connectivity index (χ1) is 5.42. The molecule has 0 bridgehead atoms. The monoisotopic (exact) mass is 164 g/mol. The lowest BCUT2D eigenvalue weighted by molar-refractivity contribution is 0.112. The molecule has 0 aliphatic carbocycles. The molecule has 2 heterocycles. The molecule has 0 spiro atoms. The third kappa shape index (κ3) is 0.914. The van der Waals surface area contributed by atoms with Gasteiger partial charge in [0.15, 0.2) is 6.29 Å². The highest BCUT2D eigenvalue weighted by atomic mass is 32.1. The fourth-order valence-corrected chi connectivity index (χ4v) is 1.58. The smallest absolute Gasteiger partial charge is 0.171 e. The Morgan fingerprint density at radius 1 is 1.55 bits per heavy atom. The van der Waals surface area contributed by atoms with Gasteiger partial charge < -0.3 is 0 Å². The number of pyridine rings is 1. The molecule has 54 valence electrons. The average Bonchev–Trinajstić information content (AvgIpc) is 2.47. The second-order valence-corrected chi connectivity index (χ2v) is 2.84. The lowest BCUT2D eigenvalue weighted by Gasteiger charge is -1.83. The van der Waals surface area contributed by atoms with Gasteiger partial charge in [-0.15, -0.1) is 0 Å². The first-order valence-electron chi connectivity index (χ1n) is 3.07. The Morgan fingerprint density at radius 2 is 2.45 bits per heavy atom. The normalized spacial score (nSPS) is 10.2. The summed E-state index contributed by atoms with van der Waals surface area (Å²) in [5.41, 5.74) is 1.14. The molecule has 0 aliphatic heterocycles. The van der Waals surface area contributed by atoms with Gasteiger partial charge in [-0.25, -0.2) is 0 Å². The third-order valence-corrected chi connectivity index (χ3v) is 2.18. The predicted molar refractivity (Wildman–Crippen MR) is 42.8 cm³/mol. The Labute approximate surface area is 66.9 Å². The predicted octanol–water partition coefficient (Wildman–Crippen LogP) is 1.50. The Bertz CT molecular complexity index is 396. The number of carbonyl (C=O) groups is 1. The number of carbonyl (C=O) groups excluding carboxylic acids is 1. The lowest BCUT2D eigenvalue weighted by atomic mass is 10.3. The maximum absolute atomic E-state index is 10.4. The molecule has 0 fully saturated rings. The van der Waals surface area contributed by atoms with Gasteiger partial charge in [0.05, 0.1) is 4.70 Å². The van der Waals surface area contributed by atoms with Gasteiger partial charge in [-0.05, 0) is 23.7 Å². The van der Waals surface area contributed by atoms with Crippen LogP contribution >= 0.6 is 11.5 Å². The molecule has 0 aromatic carbocycles. The molecule has 2 rings (SSSR count). The Hall–Kier alpha value is -1.29. The molecular weight excluding hydrogens is 160 g/mol. The molecule has 2 aromatic rings. The van der Waals surface area contributed by atoms with Gasteiger partial charge in [0.2, 0.25) is 0 Å². The number of fused-ring (bicyclic) bond motifs is 1. The summed E-state index contributed by atoms with van der Waals surface area (Å²) >= 11 is 1.29. The fourth-order valence-electron chi connectivity index (χ4n) is 0.875. The number of aldehydes is 1. The van der Waals surface area contributed by atoms with Crippen LogP contribution in [0.5, 0.6) is 0 Å². The number of rotatable bonds is 1. The lowest BCUT2D eigenvalue weighted by Crippen LogP contribution is -1.80. The highest BCUT2D eigenvalue weighted by molar-refractivity contribution is 7.13. The van der Waals surface area contributed by atoms with E-state index in [1.165, 1.54) is 11.5 Å². The van der Waals surface area contributed by atoms with Crippen LogP contribution in [0.4, 0.5) is 0 Å². The van der Waals surface area contributed by atoms with E-state index in [0.29, 0.717) is 11.2 Å². The van der Waals surface area contributed by atoms with Gasteiger partial charge >= 0.3 is 0 Å². The topological polar surface area (TPSA) is 42.9 Å². The van der Waals surface area contributed by atoms with Crippen LogP contribution < -0.4 is 0 Å². The average molecular weight is 164 g/mol. The minimum atomic E-state index is 0.436. The van der Waals surface area contributed by atoms with Gasteiger partial charge in [-0.1, -0.05) is 0 Å². The molecule has 0 N–H and O–H groups in total. The van der Waals surface area contributed by atoms with Crippen LogP contribution in [-0.2, 0) is 0 Å². The maximum atomic E-state index is 10.4. The van der Waals surface area contributed by atoms with Crippen LogP contribution in [0.2, 0.25) is 0 Å². The van der Waals surface area contributed by atoms with E-state index in [1.54, 1.807) is 6.20 Å². The van der Waals surface area contributed by atoms with E-state index >= 15 is 0 Å². The van der Waals surface area contributed by atoms with Gasteiger partial charge in [0.1, 0.15) is 11.2 Å². The molecule has 0 saturated carbocycles. The van der Waals surface area contributed by atoms with Crippen molar-refractivity contribution in [2.24, 2.45) is 0 Å². The Morgan fingerprint density at radius 3 is 3.27 bits per heavy atom. The largest absolute Gasteiger partial charge is 0.296 e. The molecule has 0 radical (unpaired) electrons. The van der Waals surface area contributed by atoms with Crippen LogP contribution in [0.1, 0.15) is 10.5 Å². The highest BCUT2D eigenvalue weighted by Gasteiger charge is 2.03. The van der Waals surface area contributed by atoms with Crippen molar-refractivity contribution >= 4 is 28.0 Å². The van der Waals surface area contributed by atoms with E-state index in [0.717, 1.165) is 11.0 Å². The summed E-state index contributed by atoms with van der Waals surface area (Å²) in [7, 11) is 0. The number of aromatic nitrogens is 2. The molecule has 0 aliphatic rings. The summed E-state index contributed by atoms with van der Waals surface area (Å²) in [6.07, 6.45) is 2.38. The van der Waals surface area contributed by atoms with E-state index in [2.05, 4.69) is 9.36 Å². The van der Waals surface area contributed by atoms with Crippen LogP contribution in [-0.4, -0.2) is 15.6 Å². The maximum Gasteiger partial charge on any atom is 0.171 e. The van der Waals surface area contributed by atoms with E-state index in [1.807, 2.05) is 12.1 Å². The van der Waals surface area contributed by atoms with Crippen molar-refractivity contribution in [3.63, 3.8) is 0 Å². The van der Waals surface area contributed by atoms with Crippen molar-refractivity contribution in [2.45, 2.75) is 0 Å². The van der Waals surface area contributed by atoms with E-state index in [4.69, 9.17) is 0 Å². The standard InChI is InChI=1S/C7H4N2OS/c10-4-5-7-6(11-9-5)2-1-3-8-7/h1-4H. The second kappa shape index (κ2) is 2.39. The minimum absolute atomic E-state index is 0.436. The number of hydrogen-bond donors (Lipinski definition) is 0. The molecule has 0 atom stereocenters. The number of hydrogen-bond acceptors (Lipinski definition) is 4. The summed E-state index contributed by atoms with van der Waals surface area (Å²) < 4.78 is 4.88. The van der Waals surface area contributed by atoms with Crippen LogP contribution in [0.25, 0.3) is 10.2 Å². The Balaban J connectivity index is 2.86. The van der Waals surface area contributed by atoms with Crippen molar-refractivity contribution in [3.05, 3.63) is 24.0 Å². The van der Waals surface area contributed by atoms with Crippen molar-refractivity contribution in [2.75, 3.05) is 0 Å². The SMILES string of the molecule is O=Cc1nsc2cccnc12. The van der Waals surface area contributed by atoms with Crippen molar-refractivity contribution in [1.29, 1.82) is 0 Å². The van der Waals surface area contributed by atoms with Crippen molar-refractivity contribution < 1.29 is 4.79 Å². The second-order valence-electron chi connectivity index (χ2n) is 2.04. The molecule has 3 nitrogen and oxygen atoms in total. The molecular formula is C7H4N2OS. The first-order valence-corrected chi connectivity index (χ1v) is 3.85. The molecule has 2 aromatic heterocycles. The van der Waals surface area contributed by atoms with Gasteiger partial charge in [-0.2, -0.15) is 4.37 Å². The fraction of sp³-hybridized carbons (Fsp3) is 0. The van der Waals surface area contributed by atoms with E-state index in [-0.39, 0.29) is 0 Å². The molecule has 0 saturated heterocycles. The molecule has 0 unspecified atom stereocenters. The third-order valence-electron chi connectivity index (χ3n) is 1.37. The quantitative estimate of drug-likeness (QED) is 0.600. The molecule has 0 amide bonds. The highest BCUT2D eigenvalue weighted by Crippen LogP contribution is 2.17. The summed E-state index contributed by atoms with van der Waals surface area (Å²) in [5.74, 6) is 0. The van der Waals surface area contributed by atoms with Crippen LogP contribution in [0.15, 0.2) is 18.3 Å². The number of nitrogens with zero attached hydrogens (tertiary/aromatic N) is 2.